The van der Waals surface area contributed by atoms with Crippen molar-refractivity contribution in [3.8, 4) is 0 Å². The Bertz CT molecular complexity index is 482. The molecular formula is C19H30N2S. The summed E-state index contributed by atoms with van der Waals surface area (Å²) in [5.74, 6) is 1.22. The normalized spacial score (nSPS) is 23.5. The van der Waals surface area contributed by atoms with Crippen LogP contribution in [0.25, 0.3) is 0 Å². The molecule has 0 aliphatic carbocycles. The van der Waals surface area contributed by atoms with E-state index in [1.807, 2.05) is 11.8 Å². The second kappa shape index (κ2) is 7.85. The van der Waals surface area contributed by atoms with Crippen LogP contribution < -0.4 is 0 Å². The number of rotatable bonds is 6. The van der Waals surface area contributed by atoms with E-state index in [1.165, 1.54) is 80.2 Å². The summed E-state index contributed by atoms with van der Waals surface area (Å²) in [6.45, 7) is 10.9. The van der Waals surface area contributed by atoms with Crippen LogP contribution in [-0.4, -0.2) is 54.3 Å². The molecule has 3 heteroatoms. The van der Waals surface area contributed by atoms with E-state index in [2.05, 4.69) is 41.8 Å². The van der Waals surface area contributed by atoms with Crippen LogP contribution in [0.3, 0.4) is 0 Å². The molecular weight excluding hydrogens is 288 g/mol. The van der Waals surface area contributed by atoms with Gasteiger partial charge in [-0.15, -0.1) is 11.8 Å². The Balaban J connectivity index is 1.44. The lowest BCUT2D eigenvalue weighted by molar-refractivity contribution is 0.200. The minimum absolute atomic E-state index is 0.818. The van der Waals surface area contributed by atoms with Gasteiger partial charge in [0, 0.05) is 29.8 Å². The molecule has 3 rings (SSSR count). The van der Waals surface area contributed by atoms with Crippen LogP contribution in [0, 0.1) is 13.8 Å². The molecule has 0 spiro atoms. The molecule has 1 unspecified atom stereocenters. The number of thioether (sulfide) groups is 1. The number of likely N-dealkylation sites (tertiary alicyclic amines) is 2. The summed E-state index contributed by atoms with van der Waals surface area (Å²) in [6, 6.07) is 7.69. The molecule has 0 aromatic heterocycles. The fourth-order valence-electron chi connectivity index (χ4n) is 3.74. The topological polar surface area (TPSA) is 6.48 Å². The van der Waals surface area contributed by atoms with Gasteiger partial charge in [-0.05, 0) is 82.4 Å². The second-order valence-electron chi connectivity index (χ2n) is 6.93. The van der Waals surface area contributed by atoms with Crippen molar-refractivity contribution in [3.63, 3.8) is 0 Å². The van der Waals surface area contributed by atoms with E-state index in [4.69, 9.17) is 0 Å². The summed E-state index contributed by atoms with van der Waals surface area (Å²) in [6.07, 6.45) is 5.63. The van der Waals surface area contributed by atoms with Gasteiger partial charge < -0.3 is 4.90 Å². The first-order chi connectivity index (χ1) is 10.7. The molecule has 1 atom stereocenters. The van der Waals surface area contributed by atoms with Crippen molar-refractivity contribution in [2.75, 3.05) is 38.5 Å². The molecule has 1 aromatic rings. The standard InChI is InChI=1S/C19H30N2S/c1-16-7-8-19(14-17(16)2)22-13-12-21-11-5-6-18(21)15-20-9-3-4-10-20/h7-8,14,18H,3-6,9-13,15H2,1-2H3. The minimum atomic E-state index is 0.818. The third-order valence-electron chi connectivity index (χ3n) is 5.29. The van der Waals surface area contributed by atoms with Gasteiger partial charge in [0.25, 0.3) is 0 Å². The highest BCUT2D eigenvalue weighted by atomic mass is 32.2. The number of aryl methyl sites for hydroxylation is 2. The predicted octanol–water partition coefficient (Wildman–Crippen LogP) is 3.96. The average Bonchev–Trinajstić information content (AvgIpc) is 3.16. The summed E-state index contributed by atoms with van der Waals surface area (Å²) < 4.78 is 0. The van der Waals surface area contributed by atoms with Gasteiger partial charge in [0.1, 0.15) is 0 Å². The smallest absolute Gasteiger partial charge is 0.0223 e. The van der Waals surface area contributed by atoms with Gasteiger partial charge in [-0.25, -0.2) is 0 Å². The van der Waals surface area contributed by atoms with Crippen LogP contribution in [0.4, 0.5) is 0 Å². The molecule has 2 fully saturated rings. The van der Waals surface area contributed by atoms with Gasteiger partial charge in [-0.1, -0.05) is 6.07 Å². The Morgan fingerprint density at radius 3 is 2.64 bits per heavy atom. The molecule has 0 N–H and O–H groups in total. The molecule has 122 valence electrons. The average molecular weight is 319 g/mol. The fourth-order valence-corrected chi connectivity index (χ4v) is 4.73. The molecule has 2 saturated heterocycles. The van der Waals surface area contributed by atoms with Gasteiger partial charge in [-0.2, -0.15) is 0 Å². The Morgan fingerprint density at radius 2 is 1.86 bits per heavy atom. The quantitative estimate of drug-likeness (QED) is 0.733. The van der Waals surface area contributed by atoms with Crippen LogP contribution in [-0.2, 0) is 0 Å². The Morgan fingerprint density at radius 1 is 1.05 bits per heavy atom. The van der Waals surface area contributed by atoms with Gasteiger partial charge in [0.2, 0.25) is 0 Å². The minimum Gasteiger partial charge on any atom is -0.302 e. The van der Waals surface area contributed by atoms with Crippen LogP contribution in [0.1, 0.15) is 36.8 Å². The lowest BCUT2D eigenvalue weighted by atomic mass is 10.1. The highest BCUT2D eigenvalue weighted by Crippen LogP contribution is 2.24. The van der Waals surface area contributed by atoms with Gasteiger partial charge in [-0.3, -0.25) is 4.90 Å². The van der Waals surface area contributed by atoms with E-state index >= 15 is 0 Å². The Labute approximate surface area is 140 Å². The molecule has 0 radical (unpaired) electrons. The number of hydrogen-bond acceptors (Lipinski definition) is 3. The van der Waals surface area contributed by atoms with E-state index in [-0.39, 0.29) is 0 Å². The van der Waals surface area contributed by atoms with Crippen molar-refractivity contribution >= 4 is 11.8 Å². The predicted molar refractivity (Wildman–Crippen MR) is 96.9 cm³/mol. The number of hydrogen-bond donors (Lipinski definition) is 0. The van der Waals surface area contributed by atoms with Crippen molar-refractivity contribution in [3.05, 3.63) is 29.3 Å². The Hall–Kier alpha value is -0.510. The maximum atomic E-state index is 2.74. The summed E-state index contributed by atoms with van der Waals surface area (Å²) in [5.41, 5.74) is 2.81. The van der Waals surface area contributed by atoms with Crippen molar-refractivity contribution in [2.45, 2.75) is 50.5 Å². The SMILES string of the molecule is Cc1ccc(SCCN2CCCC2CN2CCCC2)cc1C. The molecule has 2 nitrogen and oxygen atoms in total. The molecule has 22 heavy (non-hydrogen) atoms. The highest BCUT2D eigenvalue weighted by molar-refractivity contribution is 7.99. The first kappa shape index (κ1) is 16.4. The molecule has 0 bridgehead atoms. The van der Waals surface area contributed by atoms with Gasteiger partial charge in [0.15, 0.2) is 0 Å². The van der Waals surface area contributed by atoms with Crippen LogP contribution in [0.2, 0.25) is 0 Å². The first-order valence-corrected chi connectivity index (χ1v) is 9.87. The summed E-state index contributed by atoms with van der Waals surface area (Å²) >= 11 is 2.02. The largest absolute Gasteiger partial charge is 0.302 e. The van der Waals surface area contributed by atoms with E-state index in [0.29, 0.717) is 0 Å². The van der Waals surface area contributed by atoms with Crippen molar-refractivity contribution in [1.82, 2.24) is 9.80 Å². The molecule has 2 aliphatic heterocycles. The van der Waals surface area contributed by atoms with Gasteiger partial charge >= 0.3 is 0 Å². The van der Waals surface area contributed by atoms with Crippen molar-refractivity contribution in [2.24, 2.45) is 0 Å². The number of nitrogens with zero attached hydrogens (tertiary/aromatic N) is 2. The van der Waals surface area contributed by atoms with Gasteiger partial charge in [0.05, 0.1) is 0 Å². The monoisotopic (exact) mass is 318 g/mol. The maximum absolute atomic E-state index is 2.74. The van der Waals surface area contributed by atoms with Crippen molar-refractivity contribution < 1.29 is 0 Å². The zero-order chi connectivity index (χ0) is 15.4. The number of benzene rings is 1. The Kier molecular flexibility index (Phi) is 5.83. The maximum Gasteiger partial charge on any atom is 0.0223 e. The van der Waals surface area contributed by atoms with E-state index < -0.39 is 0 Å². The fraction of sp³-hybridized carbons (Fsp3) is 0.684. The lowest BCUT2D eigenvalue weighted by Gasteiger charge is -2.28. The first-order valence-electron chi connectivity index (χ1n) is 8.89. The molecule has 0 saturated carbocycles. The van der Waals surface area contributed by atoms with Crippen LogP contribution >= 0.6 is 11.8 Å². The molecule has 0 amide bonds. The lowest BCUT2D eigenvalue weighted by Crippen LogP contribution is -2.40. The zero-order valence-corrected chi connectivity index (χ0v) is 15.0. The summed E-state index contributed by atoms with van der Waals surface area (Å²) in [4.78, 5) is 6.85. The summed E-state index contributed by atoms with van der Waals surface area (Å²) in [7, 11) is 0. The van der Waals surface area contributed by atoms with Crippen LogP contribution in [0.15, 0.2) is 23.1 Å². The molecule has 2 heterocycles. The summed E-state index contributed by atoms with van der Waals surface area (Å²) in [5, 5.41) is 0. The second-order valence-corrected chi connectivity index (χ2v) is 8.10. The molecule has 2 aliphatic rings. The third-order valence-corrected chi connectivity index (χ3v) is 6.27. The molecule has 1 aromatic carbocycles. The highest BCUT2D eigenvalue weighted by Gasteiger charge is 2.26. The van der Waals surface area contributed by atoms with Crippen molar-refractivity contribution in [1.29, 1.82) is 0 Å². The van der Waals surface area contributed by atoms with E-state index in [1.54, 1.807) is 0 Å². The van der Waals surface area contributed by atoms with E-state index in [9.17, 15) is 0 Å². The van der Waals surface area contributed by atoms with E-state index in [0.717, 1.165) is 6.04 Å². The van der Waals surface area contributed by atoms with Crippen LogP contribution in [0.5, 0.6) is 0 Å². The third kappa shape index (κ3) is 4.27. The zero-order valence-electron chi connectivity index (χ0n) is 14.2.